The van der Waals surface area contributed by atoms with Gasteiger partial charge in [0.2, 0.25) is 0 Å². The highest BCUT2D eigenvalue weighted by atomic mass is 35.5. The van der Waals surface area contributed by atoms with Crippen molar-refractivity contribution < 1.29 is 26.2 Å². The first-order valence-electron chi connectivity index (χ1n) is 7.79. The highest BCUT2D eigenvalue weighted by molar-refractivity contribution is 7.85. The molecule has 0 aromatic carbocycles. The van der Waals surface area contributed by atoms with Crippen molar-refractivity contribution >= 4 is 33.6 Å². The Labute approximate surface area is 163 Å². The molecule has 0 aliphatic heterocycles. The van der Waals surface area contributed by atoms with Crippen molar-refractivity contribution in [3.63, 3.8) is 0 Å². The Morgan fingerprint density at radius 1 is 1.14 bits per heavy atom. The number of rotatable bonds is 4. The molecule has 0 bridgehead atoms. The standard InChI is InChI=1S/C16H12ClF5N4OS/c1-3-28(27)11-5-9(17)7-23-12(11)14-25-10-4-8(6-24-13(10)26(14)2)15(18,19)16(20,21)22/h4-7H,3H2,1-2H3. The molecule has 0 spiro atoms. The molecule has 0 saturated carbocycles. The summed E-state index contributed by atoms with van der Waals surface area (Å²) in [4.78, 5) is 12.2. The number of imidazole rings is 1. The molecule has 1 unspecified atom stereocenters. The van der Waals surface area contributed by atoms with E-state index >= 15 is 0 Å². The molecule has 12 heteroatoms. The summed E-state index contributed by atoms with van der Waals surface area (Å²) < 4.78 is 78.8. The summed E-state index contributed by atoms with van der Waals surface area (Å²) in [6.07, 6.45) is -4.01. The van der Waals surface area contributed by atoms with Gasteiger partial charge in [-0.15, -0.1) is 0 Å². The summed E-state index contributed by atoms with van der Waals surface area (Å²) >= 11 is 5.91. The molecule has 0 N–H and O–H groups in total. The minimum atomic E-state index is -5.76. The van der Waals surface area contributed by atoms with E-state index in [0.29, 0.717) is 12.3 Å². The highest BCUT2D eigenvalue weighted by Gasteiger charge is 2.59. The summed E-state index contributed by atoms with van der Waals surface area (Å²) in [5, 5.41) is 0.240. The van der Waals surface area contributed by atoms with Crippen LogP contribution in [0.1, 0.15) is 12.5 Å². The van der Waals surface area contributed by atoms with Gasteiger partial charge in [-0.2, -0.15) is 22.0 Å². The summed E-state index contributed by atoms with van der Waals surface area (Å²) in [5.74, 6) is -4.69. The van der Waals surface area contributed by atoms with E-state index in [1.807, 2.05) is 0 Å². The molecular formula is C16H12ClF5N4OS. The minimum Gasteiger partial charge on any atom is -0.310 e. The fraction of sp³-hybridized carbons (Fsp3) is 0.312. The first kappa shape index (κ1) is 20.6. The number of pyridine rings is 2. The molecule has 3 aromatic heterocycles. The molecule has 0 fully saturated rings. The molecule has 3 aromatic rings. The van der Waals surface area contributed by atoms with E-state index in [2.05, 4.69) is 15.0 Å². The van der Waals surface area contributed by atoms with Gasteiger partial charge in [0.05, 0.1) is 26.3 Å². The molecular weight excluding hydrogens is 427 g/mol. The van der Waals surface area contributed by atoms with E-state index < -0.39 is 28.5 Å². The molecule has 0 amide bonds. The maximum Gasteiger partial charge on any atom is 0.458 e. The maximum atomic E-state index is 13.6. The predicted molar refractivity (Wildman–Crippen MR) is 93.6 cm³/mol. The van der Waals surface area contributed by atoms with Crippen molar-refractivity contribution in [2.24, 2.45) is 7.05 Å². The van der Waals surface area contributed by atoms with E-state index in [9.17, 15) is 26.2 Å². The maximum absolute atomic E-state index is 13.6. The lowest BCUT2D eigenvalue weighted by molar-refractivity contribution is -0.289. The van der Waals surface area contributed by atoms with Crippen molar-refractivity contribution in [2.75, 3.05) is 5.75 Å². The average molecular weight is 439 g/mol. The van der Waals surface area contributed by atoms with Crippen LogP contribution in [0.15, 0.2) is 29.4 Å². The van der Waals surface area contributed by atoms with Crippen molar-refractivity contribution in [2.45, 2.75) is 23.9 Å². The Balaban J connectivity index is 2.21. The zero-order valence-corrected chi connectivity index (χ0v) is 16.0. The van der Waals surface area contributed by atoms with Crippen LogP contribution in [-0.4, -0.2) is 35.7 Å². The second kappa shape index (κ2) is 7.03. The van der Waals surface area contributed by atoms with Gasteiger partial charge in [0.1, 0.15) is 11.2 Å². The average Bonchev–Trinajstić information content (AvgIpc) is 2.96. The van der Waals surface area contributed by atoms with Crippen LogP contribution in [0.3, 0.4) is 0 Å². The van der Waals surface area contributed by atoms with Crippen LogP contribution in [0.5, 0.6) is 0 Å². The van der Waals surface area contributed by atoms with Gasteiger partial charge in [-0.05, 0) is 12.1 Å². The second-order valence-corrected chi connectivity index (χ2v) is 7.91. The van der Waals surface area contributed by atoms with E-state index in [-0.39, 0.29) is 38.4 Å². The Bertz CT molecular complexity index is 1080. The normalized spacial score (nSPS) is 13.9. The third kappa shape index (κ3) is 3.37. The number of nitrogens with zero attached hydrogens (tertiary/aromatic N) is 4. The zero-order valence-electron chi connectivity index (χ0n) is 14.4. The monoisotopic (exact) mass is 438 g/mol. The number of halogens is 6. The molecule has 0 aliphatic carbocycles. The molecule has 28 heavy (non-hydrogen) atoms. The number of hydrogen-bond acceptors (Lipinski definition) is 4. The molecule has 150 valence electrons. The summed E-state index contributed by atoms with van der Waals surface area (Å²) in [7, 11) is 0.0319. The lowest BCUT2D eigenvalue weighted by atomic mass is 10.1. The van der Waals surface area contributed by atoms with E-state index in [4.69, 9.17) is 11.6 Å². The Hall–Kier alpha value is -2.14. The number of alkyl halides is 5. The number of aromatic nitrogens is 4. The number of hydrogen-bond donors (Lipinski definition) is 0. The fourth-order valence-corrected chi connectivity index (χ4v) is 3.69. The summed E-state index contributed by atoms with van der Waals surface area (Å²) in [6.45, 7) is 1.68. The Kier molecular flexibility index (Phi) is 5.17. The molecule has 1 atom stereocenters. The number of aryl methyl sites for hydroxylation is 1. The summed E-state index contributed by atoms with van der Waals surface area (Å²) in [6, 6.07) is 2.07. The van der Waals surface area contributed by atoms with Crippen molar-refractivity contribution in [3.8, 4) is 11.5 Å². The van der Waals surface area contributed by atoms with Crippen LogP contribution in [0.2, 0.25) is 5.02 Å². The van der Waals surface area contributed by atoms with Crippen molar-refractivity contribution in [1.82, 2.24) is 19.5 Å². The molecule has 5 nitrogen and oxygen atoms in total. The van der Waals surface area contributed by atoms with Gasteiger partial charge in [0.25, 0.3) is 0 Å². The Morgan fingerprint density at radius 2 is 1.82 bits per heavy atom. The van der Waals surface area contributed by atoms with Crippen LogP contribution >= 0.6 is 11.6 Å². The zero-order chi connectivity index (χ0) is 20.9. The van der Waals surface area contributed by atoms with Gasteiger partial charge in [-0.25, -0.2) is 9.97 Å². The predicted octanol–water partition coefficient (Wildman–Crippen LogP) is 4.47. The van der Waals surface area contributed by atoms with E-state index in [0.717, 1.165) is 0 Å². The number of fused-ring (bicyclic) bond motifs is 1. The van der Waals surface area contributed by atoms with E-state index in [1.165, 1.54) is 23.9 Å². The summed E-state index contributed by atoms with van der Waals surface area (Å²) in [5.41, 5.74) is -1.25. The molecule has 0 aliphatic rings. The van der Waals surface area contributed by atoms with Crippen LogP contribution in [0.25, 0.3) is 22.7 Å². The van der Waals surface area contributed by atoms with E-state index in [1.54, 1.807) is 6.92 Å². The van der Waals surface area contributed by atoms with Gasteiger partial charge in [-0.3, -0.25) is 9.19 Å². The Morgan fingerprint density at radius 3 is 2.43 bits per heavy atom. The largest absolute Gasteiger partial charge is 0.458 e. The molecule has 0 saturated heterocycles. The SMILES string of the molecule is CCS(=O)c1cc(Cl)cnc1-c1nc2cc(C(F)(F)C(F)(F)F)cnc2n1C. The van der Waals surface area contributed by atoms with Crippen LogP contribution in [0, 0.1) is 0 Å². The highest BCUT2D eigenvalue weighted by Crippen LogP contribution is 2.44. The van der Waals surface area contributed by atoms with Gasteiger partial charge < -0.3 is 4.57 Å². The lowest BCUT2D eigenvalue weighted by Crippen LogP contribution is -2.33. The first-order valence-corrected chi connectivity index (χ1v) is 9.48. The van der Waals surface area contributed by atoms with Gasteiger partial charge in [-0.1, -0.05) is 18.5 Å². The van der Waals surface area contributed by atoms with Crippen LogP contribution in [-0.2, 0) is 23.8 Å². The quantitative estimate of drug-likeness (QED) is 0.564. The molecule has 3 heterocycles. The smallest absolute Gasteiger partial charge is 0.310 e. The topological polar surface area (TPSA) is 60.7 Å². The molecule has 3 rings (SSSR count). The second-order valence-electron chi connectivity index (χ2n) is 5.77. The lowest BCUT2D eigenvalue weighted by Gasteiger charge is -2.19. The fourth-order valence-electron chi connectivity index (χ4n) is 2.54. The first-order chi connectivity index (χ1) is 13.0. The van der Waals surface area contributed by atoms with Crippen LogP contribution < -0.4 is 0 Å². The van der Waals surface area contributed by atoms with Gasteiger partial charge >= 0.3 is 12.1 Å². The van der Waals surface area contributed by atoms with Crippen LogP contribution in [0.4, 0.5) is 22.0 Å². The third-order valence-corrected chi connectivity index (χ3v) is 5.50. The minimum absolute atomic E-state index is 0.0710. The third-order valence-electron chi connectivity index (χ3n) is 3.97. The van der Waals surface area contributed by atoms with Gasteiger partial charge in [0.15, 0.2) is 11.5 Å². The van der Waals surface area contributed by atoms with Gasteiger partial charge in [0, 0.05) is 25.2 Å². The molecule has 0 radical (unpaired) electrons. The van der Waals surface area contributed by atoms with Crippen molar-refractivity contribution in [3.05, 3.63) is 35.1 Å². The van der Waals surface area contributed by atoms with Crippen molar-refractivity contribution in [1.29, 1.82) is 0 Å².